The minimum atomic E-state index is -1.20. The van der Waals surface area contributed by atoms with Crippen molar-refractivity contribution in [2.45, 2.75) is 189 Å². The molecule has 3 aliphatic carbocycles. The number of aliphatic hydroxyl groups is 14. The van der Waals surface area contributed by atoms with E-state index in [1.54, 1.807) is 6.26 Å². The second-order valence-electron chi connectivity index (χ2n) is 18.1. The van der Waals surface area contributed by atoms with Gasteiger partial charge >= 0.3 is 11.9 Å². The molecule has 422 valence electrons. The smallest absolute Gasteiger partial charge is 0.335 e. The van der Waals surface area contributed by atoms with Crippen molar-refractivity contribution in [3.8, 4) is 0 Å². The second-order valence-corrected chi connectivity index (χ2v) is 18.6. The van der Waals surface area contributed by atoms with Crippen molar-refractivity contribution in [1.29, 1.82) is 0 Å². The Morgan fingerprint density at radius 2 is 1.24 bits per heavy atom. The first kappa shape index (κ1) is 69.5. The minimum Gasteiger partial charge on any atom is -0.501 e. The summed E-state index contributed by atoms with van der Waals surface area (Å²) in [6.45, 7) is 6.01. The molecule has 9 rings (SSSR count). The first-order valence-corrected chi connectivity index (χ1v) is 25.6. The molecule has 5 aliphatic heterocycles. The highest BCUT2D eigenvalue weighted by Crippen LogP contribution is 2.24. The molecule has 0 aromatic heterocycles. The van der Waals surface area contributed by atoms with E-state index < -0.39 is 74.0 Å². The fraction of sp³-hybridized carbons (Fsp3) is 0.796. The SMILES string of the molecule is BrCc1ccccc1.C1=COCC1.COC(=O)C[C@H](O)CO.C[C@@H]1CC[C@@H](O)C1.C[C@@H]1CC[C@H](O)C1.O=C1OCC[C@@H]1O.OC1CCC(O)C1.OC1C[C@@H](O)CO1.OC1OCC[C@@H]1O.OC1OC[C@H](O)[C@@H]1O. The first-order chi connectivity index (χ1) is 34.1. The summed E-state index contributed by atoms with van der Waals surface area (Å²) in [7, 11) is 1.23. The summed E-state index contributed by atoms with van der Waals surface area (Å²) in [6.07, 6.45) is 6.52. The summed E-state index contributed by atoms with van der Waals surface area (Å²) in [4.78, 5) is 20.4. The number of benzene rings is 1. The molecule has 4 saturated heterocycles. The Labute approximate surface area is 431 Å². The molecule has 23 heteroatoms. The summed E-state index contributed by atoms with van der Waals surface area (Å²) in [6, 6.07) is 10.3. The second kappa shape index (κ2) is 42.7. The Morgan fingerprint density at radius 3 is 1.42 bits per heavy atom. The molecule has 72 heavy (non-hydrogen) atoms. The minimum absolute atomic E-state index is 0.0162. The summed E-state index contributed by atoms with van der Waals surface area (Å²) in [5, 5.41) is 122. The van der Waals surface area contributed by atoms with Crippen LogP contribution in [0.15, 0.2) is 42.7 Å². The van der Waals surface area contributed by atoms with Crippen LogP contribution in [0.2, 0.25) is 0 Å². The molecule has 5 heterocycles. The Balaban J connectivity index is 0.000000779. The monoisotopic (exact) mass is 1110 g/mol. The fourth-order valence-corrected chi connectivity index (χ4v) is 7.13. The van der Waals surface area contributed by atoms with E-state index in [1.807, 2.05) is 24.3 Å². The maximum absolute atomic E-state index is 10.3. The quantitative estimate of drug-likeness (QED) is 0.141. The largest absolute Gasteiger partial charge is 0.501 e. The maximum Gasteiger partial charge on any atom is 0.335 e. The highest BCUT2D eigenvalue weighted by molar-refractivity contribution is 9.08. The van der Waals surface area contributed by atoms with Crippen molar-refractivity contribution >= 4 is 27.9 Å². The van der Waals surface area contributed by atoms with Crippen LogP contribution in [0, 0.1) is 11.8 Å². The van der Waals surface area contributed by atoms with Crippen molar-refractivity contribution < 1.29 is 110 Å². The molecule has 22 nitrogen and oxygen atoms in total. The van der Waals surface area contributed by atoms with Crippen LogP contribution < -0.4 is 0 Å². The first-order valence-electron chi connectivity index (χ1n) is 24.5. The van der Waals surface area contributed by atoms with Gasteiger partial charge in [0.25, 0.3) is 0 Å². The fourth-order valence-electron chi connectivity index (χ4n) is 6.76. The third-order valence-electron chi connectivity index (χ3n) is 11.2. The van der Waals surface area contributed by atoms with Gasteiger partial charge in [-0.25, -0.2) is 4.79 Å². The third-order valence-corrected chi connectivity index (χ3v) is 11.8. The van der Waals surface area contributed by atoms with E-state index in [9.17, 15) is 9.59 Å². The number of carbonyl (C=O) groups excluding carboxylic acids is 2. The number of cyclic esters (lactones) is 1. The molecular weight excluding hydrogens is 1020 g/mol. The van der Waals surface area contributed by atoms with E-state index in [4.69, 9.17) is 76.2 Å². The number of rotatable bonds is 4. The molecule has 5 unspecified atom stereocenters. The predicted molar refractivity (Wildman–Crippen MR) is 263 cm³/mol. The van der Waals surface area contributed by atoms with Gasteiger partial charge in [0.05, 0.1) is 96.1 Å². The van der Waals surface area contributed by atoms with Crippen LogP contribution in [-0.2, 0) is 43.3 Å². The van der Waals surface area contributed by atoms with E-state index in [0.717, 1.165) is 68.7 Å². The van der Waals surface area contributed by atoms with Crippen LogP contribution in [0.4, 0.5) is 0 Å². The molecule has 8 aliphatic rings. The predicted octanol–water partition coefficient (Wildman–Crippen LogP) is 0.154. The zero-order valence-electron chi connectivity index (χ0n) is 42.0. The normalized spacial score (nSPS) is 32.6. The van der Waals surface area contributed by atoms with Crippen molar-refractivity contribution in [3.63, 3.8) is 0 Å². The number of methoxy groups -OCH3 is 1. The lowest BCUT2D eigenvalue weighted by Gasteiger charge is -2.06. The van der Waals surface area contributed by atoms with Gasteiger partial charge in [-0.3, -0.25) is 4.79 Å². The van der Waals surface area contributed by atoms with Crippen molar-refractivity contribution in [3.05, 3.63) is 48.2 Å². The lowest BCUT2D eigenvalue weighted by Crippen LogP contribution is -2.29. The van der Waals surface area contributed by atoms with E-state index in [2.05, 4.69) is 65.6 Å². The third kappa shape index (κ3) is 37.3. The molecule has 0 bridgehead atoms. The average molecular weight is 1110 g/mol. The number of carbonyl (C=O) groups is 2. The van der Waals surface area contributed by atoms with E-state index in [-0.39, 0.29) is 44.1 Å². The number of halogens is 1. The van der Waals surface area contributed by atoms with E-state index >= 15 is 0 Å². The molecule has 14 N–H and O–H groups in total. The lowest BCUT2D eigenvalue weighted by molar-refractivity contribution is -0.145. The van der Waals surface area contributed by atoms with Gasteiger partial charge in [-0.2, -0.15) is 0 Å². The summed E-state index contributed by atoms with van der Waals surface area (Å²) in [5.74, 6) is 0.543. The van der Waals surface area contributed by atoms with Crippen LogP contribution in [-0.4, -0.2) is 210 Å². The van der Waals surface area contributed by atoms with Crippen LogP contribution in [0.25, 0.3) is 0 Å². The van der Waals surface area contributed by atoms with Gasteiger partial charge in [0, 0.05) is 31.0 Å². The van der Waals surface area contributed by atoms with E-state index in [0.29, 0.717) is 38.9 Å². The van der Waals surface area contributed by atoms with Gasteiger partial charge in [-0.1, -0.05) is 60.1 Å². The summed E-state index contributed by atoms with van der Waals surface area (Å²) in [5.41, 5.74) is 1.33. The topological polar surface area (TPSA) is 373 Å². The van der Waals surface area contributed by atoms with Gasteiger partial charge in [-0.05, 0) is 81.3 Å². The zero-order valence-corrected chi connectivity index (χ0v) is 43.5. The zero-order chi connectivity index (χ0) is 54.4. The number of aliphatic hydroxyl groups excluding tert-OH is 14. The number of alkyl halides is 1. The van der Waals surface area contributed by atoms with Crippen molar-refractivity contribution in [2.24, 2.45) is 11.8 Å². The van der Waals surface area contributed by atoms with Crippen molar-refractivity contribution in [1.82, 2.24) is 0 Å². The lowest BCUT2D eigenvalue weighted by atomic mass is 10.1. The van der Waals surface area contributed by atoms with Gasteiger partial charge in [0.2, 0.25) is 0 Å². The Morgan fingerprint density at radius 1 is 0.667 bits per heavy atom. The molecule has 0 amide bonds. The van der Waals surface area contributed by atoms with Crippen molar-refractivity contribution in [2.75, 3.05) is 46.8 Å². The molecule has 7 fully saturated rings. The van der Waals surface area contributed by atoms with Crippen LogP contribution >= 0.6 is 15.9 Å². The summed E-state index contributed by atoms with van der Waals surface area (Å²) < 4.78 is 26.9. The number of hydrogen-bond donors (Lipinski definition) is 14. The van der Waals surface area contributed by atoms with Gasteiger partial charge in [0.15, 0.2) is 25.0 Å². The van der Waals surface area contributed by atoms with Gasteiger partial charge < -0.3 is 99.9 Å². The Bertz CT molecular complexity index is 1360. The molecule has 0 radical (unpaired) electrons. The molecule has 1 aromatic rings. The number of esters is 2. The average Bonchev–Trinajstić information content (AvgIpc) is 4.26. The molecular formula is C49H87BrO22. The van der Waals surface area contributed by atoms with Crippen LogP contribution in [0.5, 0.6) is 0 Å². The molecule has 3 saturated carbocycles. The standard InChI is InChI=1S/C7H7Br.2C6H12O.C5H10O4.C5H10O2.C4H8O4.2C4H8O3.C4H6O3.C4H6O/c8-6-7-4-2-1-3-5-7;2*1-5-2-3-6(7)4-5;1-9-5(8)2-4(7)3-6;6-4-1-2-5(7)3-4;5-2-1-8-4(7)3(2)6;5-3-1-4(6)7-2-3;2*5-3-1-2-7-4(3)6;1-2-4-5-3-1/h1-5H,6H2;2*5-7H,2-4H2,1H3;4,6-7H,2-3H2,1H3;4-7H,1-3H2;2-7H,1H2;2*3-6H,1-2H2;3,5H,1-2H2;1,3H,2,4H2/t;5-,6+;5-,6-;4-;;2-,3-,4?;2*3-,4?;3-;/m.110.0100./s1. The van der Waals surface area contributed by atoms with Crippen LogP contribution in [0.3, 0.4) is 0 Å². The van der Waals surface area contributed by atoms with Crippen LogP contribution in [0.1, 0.15) is 109 Å². The number of ether oxygens (including phenoxy) is 6. The highest BCUT2D eigenvalue weighted by atomic mass is 79.9. The van der Waals surface area contributed by atoms with Gasteiger partial charge in [0.1, 0.15) is 18.3 Å². The molecule has 1 aromatic carbocycles. The molecule has 15 atom stereocenters. The number of hydrogen-bond acceptors (Lipinski definition) is 22. The maximum atomic E-state index is 10.3. The highest BCUT2D eigenvalue weighted by Gasteiger charge is 2.32. The molecule has 0 spiro atoms. The summed E-state index contributed by atoms with van der Waals surface area (Å²) >= 11 is 3.36. The van der Waals surface area contributed by atoms with Gasteiger partial charge in [-0.15, -0.1) is 0 Å². The Kier molecular flexibility index (Phi) is 41.2. The Hall–Kier alpha value is -2.50. The van der Waals surface area contributed by atoms with E-state index in [1.165, 1.54) is 25.5 Å².